The molecule has 5 nitrogen and oxygen atoms in total. The highest BCUT2D eigenvalue weighted by atomic mass is 19.3. The second-order valence-electron chi connectivity index (χ2n) is 7.79. The summed E-state index contributed by atoms with van der Waals surface area (Å²) in [4.78, 5) is 37.4. The molecule has 0 saturated heterocycles. The summed E-state index contributed by atoms with van der Waals surface area (Å²) in [6, 6.07) is 9.56. The number of carbonyl (C=O) groups excluding carboxylic acids is 3. The second kappa shape index (κ2) is 6.51. The molecule has 0 saturated carbocycles. The van der Waals surface area contributed by atoms with Crippen molar-refractivity contribution in [3.63, 3.8) is 0 Å². The van der Waals surface area contributed by atoms with Crippen molar-refractivity contribution in [3.05, 3.63) is 64.7 Å². The highest BCUT2D eigenvalue weighted by Crippen LogP contribution is 2.44. The quantitative estimate of drug-likeness (QED) is 0.800. The minimum absolute atomic E-state index is 0.166. The topological polar surface area (TPSA) is 66.5 Å². The van der Waals surface area contributed by atoms with Crippen LogP contribution in [0.4, 0.5) is 14.5 Å². The molecule has 28 heavy (non-hydrogen) atoms. The van der Waals surface area contributed by atoms with E-state index in [1.54, 1.807) is 0 Å². The fraction of sp³-hybridized carbons (Fsp3) is 0.286. The Hall–Kier alpha value is -3.09. The van der Waals surface area contributed by atoms with Crippen LogP contribution in [0.5, 0.6) is 0 Å². The van der Waals surface area contributed by atoms with Gasteiger partial charge in [0.05, 0.1) is 11.1 Å². The van der Waals surface area contributed by atoms with Gasteiger partial charge in [0.15, 0.2) is 0 Å². The molecule has 0 unspecified atom stereocenters. The van der Waals surface area contributed by atoms with Crippen LogP contribution in [-0.2, 0) is 5.92 Å². The number of fused-ring (bicyclic) bond motifs is 1. The summed E-state index contributed by atoms with van der Waals surface area (Å²) in [5, 5.41) is 2.62. The van der Waals surface area contributed by atoms with Crippen LogP contribution in [0, 0.1) is 5.41 Å². The van der Waals surface area contributed by atoms with Gasteiger partial charge in [0.1, 0.15) is 0 Å². The smallest absolute Gasteiger partial charge is 0.277 e. The Morgan fingerprint density at radius 3 is 2.07 bits per heavy atom. The van der Waals surface area contributed by atoms with Crippen molar-refractivity contribution in [3.8, 4) is 0 Å². The van der Waals surface area contributed by atoms with E-state index in [4.69, 9.17) is 0 Å². The third-order valence-corrected chi connectivity index (χ3v) is 4.80. The number of anilines is 1. The lowest BCUT2D eigenvalue weighted by Crippen LogP contribution is -2.31. The number of hydrogen-bond acceptors (Lipinski definition) is 3. The summed E-state index contributed by atoms with van der Waals surface area (Å²) < 4.78 is 28.8. The van der Waals surface area contributed by atoms with E-state index >= 15 is 0 Å². The molecule has 0 radical (unpaired) electrons. The zero-order valence-corrected chi connectivity index (χ0v) is 16.0. The molecular weight excluding hydrogens is 366 g/mol. The molecule has 0 spiro atoms. The Morgan fingerprint density at radius 1 is 0.929 bits per heavy atom. The van der Waals surface area contributed by atoms with Crippen LogP contribution in [0.25, 0.3) is 0 Å². The van der Waals surface area contributed by atoms with E-state index in [-0.39, 0.29) is 22.3 Å². The molecule has 0 atom stereocenters. The van der Waals surface area contributed by atoms with Gasteiger partial charge >= 0.3 is 0 Å². The minimum atomic E-state index is -3.04. The summed E-state index contributed by atoms with van der Waals surface area (Å²) in [6.07, 6.45) is 0. The molecular formula is C21H20F2N2O3. The van der Waals surface area contributed by atoms with E-state index in [0.717, 1.165) is 4.90 Å². The van der Waals surface area contributed by atoms with Gasteiger partial charge in [0.2, 0.25) is 0 Å². The summed E-state index contributed by atoms with van der Waals surface area (Å²) in [6.45, 7) is 4.35. The molecule has 1 aliphatic heterocycles. The number of nitrogens with zero attached hydrogens (tertiary/aromatic N) is 1. The Kier molecular flexibility index (Phi) is 4.57. The molecule has 0 aromatic heterocycles. The lowest BCUT2D eigenvalue weighted by Gasteiger charge is -2.30. The van der Waals surface area contributed by atoms with Crippen LogP contribution >= 0.6 is 0 Å². The zero-order chi connectivity index (χ0) is 20.9. The first-order valence-electron chi connectivity index (χ1n) is 8.69. The maximum absolute atomic E-state index is 14.4. The Balaban J connectivity index is 1.80. The third kappa shape index (κ3) is 3.17. The summed E-state index contributed by atoms with van der Waals surface area (Å²) >= 11 is 0. The van der Waals surface area contributed by atoms with E-state index < -0.39 is 29.1 Å². The lowest BCUT2D eigenvalue weighted by molar-refractivity contribution is -0.104. The molecule has 1 aliphatic rings. The van der Waals surface area contributed by atoms with Crippen LogP contribution in [0.2, 0.25) is 0 Å². The largest absolute Gasteiger partial charge is 0.322 e. The van der Waals surface area contributed by atoms with E-state index in [0.29, 0.717) is 5.69 Å². The van der Waals surface area contributed by atoms with Crippen LogP contribution in [-0.4, -0.2) is 29.7 Å². The molecule has 2 aromatic carbocycles. The number of halogens is 2. The molecule has 0 bridgehead atoms. The van der Waals surface area contributed by atoms with Gasteiger partial charge in [-0.1, -0.05) is 32.9 Å². The summed E-state index contributed by atoms with van der Waals surface area (Å²) in [5.74, 6) is -4.38. The van der Waals surface area contributed by atoms with Crippen LogP contribution in [0.3, 0.4) is 0 Å². The van der Waals surface area contributed by atoms with Gasteiger partial charge in [0.25, 0.3) is 23.6 Å². The molecule has 7 heteroatoms. The minimum Gasteiger partial charge on any atom is -0.322 e. The van der Waals surface area contributed by atoms with Crippen molar-refractivity contribution in [2.45, 2.75) is 26.7 Å². The van der Waals surface area contributed by atoms with Gasteiger partial charge in [-0.15, -0.1) is 0 Å². The maximum Gasteiger partial charge on any atom is 0.277 e. The number of amides is 3. The zero-order valence-electron chi connectivity index (χ0n) is 16.0. The fourth-order valence-electron chi connectivity index (χ4n) is 2.91. The molecule has 0 fully saturated rings. The Labute approximate surface area is 161 Å². The van der Waals surface area contributed by atoms with Gasteiger partial charge in [-0.05, 0) is 30.3 Å². The number of alkyl halides is 2. The highest BCUT2D eigenvalue weighted by Gasteiger charge is 2.44. The maximum atomic E-state index is 14.4. The van der Waals surface area contributed by atoms with Crippen molar-refractivity contribution >= 4 is 23.4 Å². The highest BCUT2D eigenvalue weighted by molar-refractivity contribution is 6.21. The van der Waals surface area contributed by atoms with E-state index in [2.05, 4.69) is 5.32 Å². The van der Waals surface area contributed by atoms with E-state index in [1.807, 2.05) is 0 Å². The molecule has 146 valence electrons. The standard InChI is InChI=1S/C21H20F2N2O3/c1-20(2,3)21(22,23)13-7-5-12(6-8-13)17(26)24-14-9-10-15-16(11-14)19(28)25(4)18(15)27/h5-11H,1-4H3,(H,24,26). The molecule has 0 aliphatic carbocycles. The number of nitrogens with one attached hydrogen (secondary N) is 1. The van der Waals surface area contributed by atoms with Gasteiger partial charge in [-0.25, -0.2) is 8.78 Å². The van der Waals surface area contributed by atoms with Crippen molar-refractivity contribution in [2.24, 2.45) is 5.41 Å². The third-order valence-electron chi connectivity index (χ3n) is 4.80. The van der Waals surface area contributed by atoms with E-state index in [9.17, 15) is 23.2 Å². The first-order valence-corrected chi connectivity index (χ1v) is 8.69. The van der Waals surface area contributed by atoms with Crippen molar-refractivity contribution in [2.75, 3.05) is 12.4 Å². The molecule has 1 N–H and O–H groups in total. The van der Waals surface area contributed by atoms with Gasteiger partial charge < -0.3 is 5.32 Å². The lowest BCUT2D eigenvalue weighted by atomic mass is 9.83. The molecule has 1 heterocycles. The van der Waals surface area contributed by atoms with Crippen molar-refractivity contribution in [1.29, 1.82) is 0 Å². The predicted molar refractivity (Wildman–Crippen MR) is 101 cm³/mol. The molecule has 3 amide bonds. The summed E-state index contributed by atoms with van der Waals surface area (Å²) in [7, 11) is 1.39. The van der Waals surface area contributed by atoms with Crippen molar-refractivity contribution < 1.29 is 23.2 Å². The normalized spacial score (nSPS) is 14.3. The second-order valence-corrected chi connectivity index (χ2v) is 7.79. The monoisotopic (exact) mass is 386 g/mol. The number of hydrogen-bond donors (Lipinski definition) is 1. The summed E-state index contributed by atoms with van der Waals surface area (Å²) in [5.41, 5.74) is -0.387. The SMILES string of the molecule is CN1C(=O)c2ccc(NC(=O)c3ccc(C(F)(F)C(C)(C)C)cc3)cc2C1=O. The number of imide groups is 1. The fourth-order valence-corrected chi connectivity index (χ4v) is 2.91. The molecule has 2 aromatic rings. The average molecular weight is 386 g/mol. The first-order chi connectivity index (χ1) is 12.9. The van der Waals surface area contributed by atoms with E-state index in [1.165, 1.54) is 70.3 Å². The van der Waals surface area contributed by atoms with Crippen LogP contribution in [0.15, 0.2) is 42.5 Å². The first kappa shape index (κ1) is 19.7. The van der Waals surface area contributed by atoms with Crippen molar-refractivity contribution in [1.82, 2.24) is 4.90 Å². The van der Waals surface area contributed by atoms with Gasteiger partial charge in [-0.2, -0.15) is 0 Å². The molecule has 3 rings (SSSR count). The number of benzene rings is 2. The number of rotatable bonds is 3. The Morgan fingerprint density at radius 2 is 1.50 bits per heavy atom. The van der Waals surface area contributed by atoms with Gasteiger partial charge in [-0.3, -0.25) is 19.3 Å². The van der Waals surface area contributed by atoms with Gasteiger partial charge in [0, 0.05) is 29.3 Å². The Bertz CT molecular complexity index is 976. The predicted octanol–water partition coefficient (Wildman–Crippen LogP) is 4.30. The van der Waals surface area contributed by atoms with Crippen LogP contribution in [0.1, 0.15) is 57.4 Å². The average Bonchev–Trinajstić information content (AvgIpc) is 2.85. The number of carbonyl (C=O) groups is 3. The van der Waals surface area contributed by atoms with Crippen LogP contribution < -0.4 is 5.32 Å².